The average molecular weight is 301 g/mol. The lowest BCUT2D eigenvalue weighted by atomic mass is 10.1. The van der Waals surface area contributed by atoms with Crippen LogP contribution in [0.25, 0.3) is 0 Å². The molecule has 0 radical (unpaired) electrons. The molecule has 2 rings (SSSR count). The van der Waals surface area contributed by atoms with E-state index in [1.54, 1.807) is 13.0 Å². The minimum Gasteiger partial charge on any atom is -0.267 e. The van der Waals surface area contributed by atoms with Gasteiger partial charge in [-0.2, -0.15) is 5.10 Å². The van der Waals surface area contributed by atoms with E-state index in [1.807, 2.05) is 0 Å². The molecule has 0 fully saturated rings. The second-order valence-corrected chi connectivity index (χ2v) is 4.42. The summed E-state index contributed by atoms with van der Waals surface area (Å²) in [5.74, 6) is -1.30. The Morgan fingerprint density at radius 2 is 1.82 bits per heavy atom. The lowest BCUT2D eigenvalue weighted by Crippen LogP contribution is -2.20. The second kappa shape index (κ2) is 6.57. The summed E-state index contributed by atoms with van der Waals surface area (Å²) in [4.78, 5) is 21.9. The largest absolute Gasteiger partial charge is 0.274 e. The van der Waals surface area contributed by atoms with Crippen molar-refractivity contribution in [2.75, 3.05) is 0 Å². The third kappa shape index (κ3) is 3.51. The van der Waals surface area contributed by atoms with E-state index in [9.17, 15) is 19.3 Å². The fourth-order valence-corrected chi connectivity index (χ4v) is 1.73. The van der Waals surface area contributed by atoms with Crippen LogP contribution >= 0.6 is 0 Å². The van der Waals surface area contributed by atoms with Crippen molar-refractivity contribution in [2.24, 2.45) is 5.10 Å². The van der Waals surface area contributed by atoms with Crippen LogP contribution in [0.3, 0.4) is 0 Å². The first-order valence-electron chi connectivity index (χ1n) is 6.33. The van der Waals surface area contributed by atoms with Gasteiger partial charge >= 0.3 is 0 Å². The van der Waals surface area contributed by atoms with Crippen LogP contribution in [0.1, 0.15) is 22.8 Å². The highest BCUT2D eigenvalue weighted by Gasteiger charge is 2.10. The van der Waals surface area contributed by atoms with Crippen molar-refractivity contribution in [3.05, 3.63) is 75.6 Å². The van der Waals surface area contributed by atoms with Gasteiger partial charge in [-0.05, 0) is 36.8 Å². The normalized spacial score (nSPS) is 11.1. The van der Waals surface area contributed by atoms with Crippen LogP contribution in [0.2, 0.25) is 0 Å². The summed E-state index contributed by atoms with van der Waals surface area (Å²) < 4.78 is 13.4. The van der Waals surface area contributed by atoms with Crippen molar-refractivity contribution in [1.82, 2.24) is 5.43 Å². The molecule has 1 amide bonds. The fraction of sp³-hybridized carbons (Fsp3) is 0.0667. The Bertz CT molecular complexity index is 742. The van der Waals surface area contributed by atoms with E-state index in [2.05, 4.69) is 10.5 Å². The molecule has 0 aromatic heterocycles. The maximum atomic E-state index is 13.4. The Balaban J connectivity index is 2.11. The Morgan fingerprint density at radius 1 is 1.18 bits per heavy atom. The Hall–Kier alpha value is -3.09. The summed E-state index contributed by atoms with van der Waals surface area (Å²) in [5.41, 5.74) is 3.16. The number of non-ortho nitro benzene ring substituents is 1. The third-order valence-corrected chi connectivity index (χ3v) is 2.94. The molecule has 0 saturated carbocycles. The first-order chi connectivity index (χ1) is 10.5. The van der Waals surface area contributed by atoms with Crippen molar-refractivity contribution in [3.8, 4) is 0 Å². The van der Waals surface area contributed by atoms with Gasteiger partial charge in [0.25, 0.3) is 11.6 Å². The highest BCUT2D eigenvalue weighted by Crippen LogP contribution is 2.12. The Labute approximate surface area is 125 Å². The average Bonchev–Trinajstić information content (AvgIpc) is 2.52. The van der Waals surface area contributed by atoms with E-state index in [4.69, 9.17) is 0 Å². The van der Waals surface area contributed by atoms with Gasteiger partial charge in [-0.3, -0.25) is 14.9 Å². The Morgan fingerprint density at radius 3 is 2.41 bits per heavy atom. The van der Waals surface area contributed by atoms with Crippen LogP contribution in [0.4, 0.5) is 10.1 Å². The lowest BCUT2D eigenvalue weighted by Gasteiger charge is -2.03. The molecule has 1 N–H and O–H groups in total. The standard InChI is InChI=1S/C15H12FN3O3/c1-10(11-6-8-12(9-7-11)19(21)22)17-18-15(20)13-4-2-3-5-14(13)16/h2-9H,1H3,(H,18,20)/b17-10+. The van der Waals surface area contributed by atoms with Crippen LogP contribution in [0.15, 0.2) is 53.6 Å². The van der Waals surface area contributed by atoms with Gasteiger partial charge in [-0.1, -0.05) is 12.1 Å². The number of nitrogens with one attached hydrogen (secondary N) is 1. The fourth-order valence-electron chi connectivity index (χ4n) is 1.73. The zero-order valence-electron chi connectivity index (χ0n) is 11.6. The highest BCUT2D eigenvalue weighted by atomic mass is 19.1. The summed E-state index contributed by atoms with van der Waals surface area (Å²) in [7, 11) is 0. The number of amides is 1. The number of carbonyl (C=O) groups is 1. The molecule has 0 aliphatic rings. The van der Waals surface area contributed by atoms with Gasteiger partial charge in [0.1, 0.15) is 5.82 Å². The van der Waals surface area contributed by atoms with Crippen molar-refractivity contribution < 1.29 is 14.1 Å². The number of nitro groups is 1. The van der Waals surface area contributed by atoms with Crippen LogP contribution in [0.5, 0.6) is 0 Å². The van der Waals surface area contributed by atoms with Crippen LogP contribution < -0.4 is 5.43 Å². The third-order valence-electron chi connectivity index (χ3n) is 2.94. The number of nitrogens with zero attached hydrogens (tertiary/aromatic N) is 2. The number of nitro benzene ring substituents is 1. The molecule has 7 heteroatoms. The van der Waals surface area contributed by atoms with E-state index < -0.39 is 16.6 Å². The molecule has 0 aliphatic heterocycles. The summed E-state index contributed by atoms with van der Waals surface area (Å²) in [6, 6.07) is 11.3. The molecule has 0 saturated heterocycles. The summed E-state index contributed by atoms with van der Waals surface area (Å²) >= 11 is 0. The van der Waals surface area contributed by atoms with Crippen molar-refractivity contribution >= 4 is 17.3 Å². The van der Waals surface area contributed by atoms with Gasteiger partial charge in [0.05, 0.1) is 16.2 Å². The van der Waals surface area contributed by atoms with Crippen molar-refractivity contribution in [2.45, 2.75) is 6.92 Å². The topological polar surface area (TPSA) is 84.6 Å². The molecular weight excluding hydrogens is 289 g/mol. The predicted octanol–water partition coefficient (Wildman–Crippen LogP) is 2.89. The minimum atomic E-state index is -0.667. The number of hydrogen-bond donors (Lipinski definition) is 1. The molecule has 0 unspecified atom stereocenters. The Kier molecular flexibility index (Phi) is 4.57. The molecule has 2 aromatic rings. The molecule has 0 spiro atoms. The molecular formula is C15H12FN3O3. The van der Waals surface area contributed by atoms with Gasteiger partial charge in [0.2, 0.25) is 0 Å². The molecule has 2 aromatic carbocycles. The van der Waals surface area contributed by atoms with Gasteiger partial charge < -0.3 is 0 Å². The maximum absolute atomic E-state index is 13.4. The van der Waals surface area contributed by atoms with E-state index in [0.717, 1.165) is 0 Å². The first kappa shape index (κ1) is 15.3. The van der Waals surface area contributed by atoms with E-state index in [-0.39, 0.29) is 11.3 Å². The monoisotopic (exact) mass is 301 g/mol. The molecule has 22 heavy (non-hydrogen) atoms. The predicted molar refractivity (Wildman–Crippen MR) is 79.2 cm³/mol. The smallest absolute Gasteiger partial charge is 0.267 e. The molecule has 112 valence electrons. The number of hydrazone groups is 1. The molecule has 0 heterocycles. The van der Waals surface area contributed by atoms with Crippen LogP contribution in [-0.2, 0) is 0 Å². The minimum absolute atomic E-state index is 0.0352. The molecule has 0 bridgehead atoms. The zero-order chi connectivity index (χ0) is 16.1. The summed E-state index contributed by atoms with van der Waals surface area (Å²) in [6.07, 6.45) is 0. The van der Waals surface area contributed by atoms with Gasteiger partial charge in [0, 0.05) is 12.1 Å². The van der Waals surface area contributed by atoms with Gasteiger partial charge in [-0.15, -0.1) is 0 Å². The summed E-state index contributed by atoms with van der Waals surface area (Å²) in [5, 5.41) is 14.4. The maximum Gasteiger partial charge on any atom is 0.274 e. The quantitative estimate of drug-likeness (QED) is 0.535. The number of hydrogen-bond acceptors (Lipinski definition) is 4. The van der Waals surface area contributed by atoms with Crippen LogP contribution in [-0.4, -0.2) is 16.5 Å². The lowest BCUT2D eigenvalue weighted by molar-refractivity contribution is -0.384. The number of rotatable bonds is 4. The summed E-state index contributed by atoms with van der Waals surface area (Å²) in [6.45, 7) is 1.63. The highest BCUT2D eigenvalue weighted by molar-refractivity contribution is 6.01. The van der Waals surface area contributed by atoms with Crippen molar-refractivity contribution in [1.29, 1.82) is 0 Å². The molecule has 6 nitrogen and oxygen atoms in total. The van der Waals surface area contributed by atoms with E-state index >= 15 is 0 Å². The SMILES string of the molecule is C/C(=N\NC(=O)c1ccccc1F)c1ccc([N+](=O)[O-])cc1. The van der Waals surface area contributed by atoms with E-state index in [0.29, 0.717) is 11.3 Å². The number of halogens is 1. The zero-order valence-corrected chi connectivity index (χ0v) is 11.6. The van der Waals surface area contributed by atoms with Gasteiger partial charge in [-0.25, -0.2) is 9.82 Å². The molecule has 0 aliphatic carbocycles. The number of carbonyl (C=O) groups excluding carboxylic acids is 1. The van der Waals surface area contributed by atoms with E-state index in [1.165, 1.54) is 42.5 Å². The number of benzene rings is 2. The van der Waals surface area contributed by atoms with Gasteiger partial charge in [0.15, 0.2) is 0 Å². The second-order valence-electron chi connectivity index (χ2n) is 4.42. The molecule has 0 atom stereocenters. The van der Waals surface area contributed by atoms with Crippen molar-refractivity contribution in [3.63, 3.8) is 0 Å². The van der Waals surface area contributed by atoms with Crippen LogP contribution in [0, 0.1) is 15.9 Å². The first-order valence-corrected chi connectivity index (χ1v) is 6.33.